The van der Waals surface area contributed by atoms with Gasteiger partial charge in [-0.3, -0.25) is 0 Å². The molecule has 5 heterocycles. The zero-order chi connectivity index (χ0) is 29.7. The maximum absolute atomic E-state index is 5.41. The van der Waals surface area contributed by atoms with Gasteiger partial charge in [-0.2, -0.15) is 0 Å². The van der Waals surface area contributed by atoms with Gasteiger partial charge < -0.3 is 9.97 Å². The molecule has 0 amide bonds. The molecule has 2 aliphatic rings. The molecule has 4 heteroatoms. The molecule has 4 aromatic rings. The predicted molar refractivity (Wildman–Crippen MR) is 180 cm³/mol. The van der Waals surface area contributed by atoms with E-state index in [4.69, 9.17) is 9.97 Å². The van der Waals surface area contributed by atoms with Crippen LogP contribution in [-0.4, -0.2) is 19.9 Å². The number of aromatic nitrogens is 4. The van der Waals surface area contributed by atoms with E-state index in [1.807, 2.05) is 0 Å². The van der Waals surface area contributed by atoms with Gasteiger partial charge in [0, 0.05) is 22.1 Å². The summed E-state index contributed by atoms with van der Waals surface area (Å²) in [6, 6.07) is 17.5. The number of aryl methyl sites for hydroxylation is 4. The topological polar surface area (TPSA) is 57.4 Å². The molecular weight excluding hydrogens is 512 g/mol. The van der Waals surface area contributed by atoms with Crippen LogP contribution in [0.5, 0.6) is 0 Å². The number of aromatic amines is 2. The van der Waals surface area contributed by atoms with E-state index in [2.05, 4.69) is 114 Å². The normalized spacial score (nSPS) is 13.4. The minimum absolute atomic E-state index is 0.912. The van der Waals surface area contributed by atoms with Gasteiger partial charge in [0.25, 0.3) is 0 Å². The van der Waals surface area contributed by atoms with Crippen LogP contribution in [0.2, 0.25) is 0 Å². The number of rotatable bonds is 5. The fraction of sp³-hybridized carbons (Fsp3) is 0.316. The van der Waals surface area contributed by atoms with Gasteiger partial charge >= 0.3 is 0 Å². The molecule has 2 N–H and O–H groups in total. The minimum Gasteiger partial charge on any atom is -0.355 e. The van der Waals surface area contributed by atoms with Crippen LogP contribution in [0.3, 0.4) is 0 Å². The lowest BCUT2D eigenvalue weighted by Crippen LogP contribution is -1.92. The van der Waals surface area contributed by atoms with Crippen molar-refractivity contribution in [1.29, 1.82) is 0 Å². The Bertz CT molecular complexity index is 1940. The molecule has 42 heavy (non-hydrogen) atoms. The van der Waals surface area contributed by atoms with Crippen LogP contribution < -0.4 is 0 Å². The van der Waals surface area contributed by atoms with Crippen molar-refractivity contribution >= 4 is 44.4 Å². The maximum Gasteiger partial charge on any atom is 0.0771 e. The second kappa shape index (κ2) is 10.9. The number of allylic oxidation sites excluding steroid dienone is 4. The first-order valence-corrected chi connectivity index (χ1v) is 15.5. The van der Waals surface area contributed by atoms with Gasteiger partial charge in [-0.15, -0.1) is 0 Å². The molecular formula is C38H42N4. The Balaban J connectivity index is 1.89. The lowest BCUT2D eigenvalue weighted by molar-refractivity contribution is 1.14. The first-order chi connectivity index (χ1) is 20.3. The number of fused-ring (bicyclic) bond motifs is 8. The van der Waals surface area contributed by atoms with Gasteiger partial charge in [-0.1, -0.05) is 58.0 Å². The number of H-pyrrole nitrogens is 2. The highest BCUT2D eigenvalue weighted by atomic mass is 14.8. The van der Waals surface area contributed by atoms with Crippen molar-refractivity contribution in [3.8, 4) is 11.1 Å². The molecule has 6 rings (SSSR count). The standard InChI is InChI=1S/C38H42N4/c1-9-26-21(5)30-18-32-23(7)28(11-3)37(41-32)36(25-16-14-13-15-17-25)38-29(12-4)24(8)33(42-38)19-31-22(6)27(10-2)35(40-31)20-34(26)39-30/h13-20,39,41H,9-12H2,1-8H3. The van der Waals surface area contributed by atoms with Gasteiger partial charge in [-0.05, 0) is 122 Å². The van der Waals surface area contributed by atoms with Gasteiger partial charge in [0.05, 0.1) is 28.3 Å². The summed E-state index contributed by atoms with van der Waals surface area (Å²) >= 11 is 0. The molecule has 0 spiro atoms. The van der Waals surface area contributed by atoms with E-state index >= 15 is 0 Å². The fourth-order valence-electron chi connectivity index (χ4n) is 6.99. The molecule has 0 unspecified atom stereocenters. The highest BCUT2D eigenvalue weighted by molar-refractivity contribution is 6.01. The third kappa shape index (κ3) is 4.36. The Hall–Kier alpha value is -4.18. The molecule has 0 atom stereocenters. The van der Waals surface area contributed by atoms with E-state index in [1.165, 1.54) is 61.2 Å². The first-order valence-electron chi connectivity index (χ1n) is 15.5. The van der Waals surface area contributed by atoms with Gasteiger partial charge in [0.15, 0.2) is 0 Å². The van der Waals surface area contributed by atoms with Crippen LogP contribution >= 0.6 is 0 Å². The molecule has 4 nitrogen and oxygen atoms in total. The second-order valence-corrected chi connectivity index (χ2v) is 11.6. The summed E-state index contributed by atoms with van der Waals surface area (Å²) < 4.78 is 0. The van der Waals surface area contributed by atoms with Crippen LogP contribution in [0.25, 0.3) is 55.5 Å². The zero-order valence-corrected chi connectivity index (χ0v) is 26.3. The van der Waals surface area contributed by atoms with E-state index in [0.717, 1.165) is 65.0 Å². The van der Waals surface area contributed by atoms with Crippen molar-refractivity contribution in [1.82, 2.24) is 19.9 Å². The van der Waals surface area contributed by atoms with Crippen molar-refractivity contribution in [2.24, 2.45) is 0 Å². The molecule has 1 aromatic carbocycles. The second-order valence-electron chi connectivity index (χ2n) is 11.6. The quantitative estimate of drug-likeness (QED) is 0.258. The molecule has 0 saturated carbocycles. The predicted octanol–water partition coefficient (Wildman–Crippen LogP) is 10.4. The Labute approximate surface area is 249 Å². The summed E-state index contributed by atoms with van der Waals surface area (Å²) in [7, 11) is 0. The number of nitrogens with zero attached hydrogens (tertiary/aromatic N) is 2. The Morgan fingerprint density at radius 1 is 0.571 bits per heavy atom. The van der Waals surface area contributed by atoms with Crippen LogP contribution in [0.1, 0.15) is 99.4 Å². The molecule has 8 bridgehead atoms. The maximum atomic E-state index is 5.41. The average Bonchev–Trinajstić information content (AvgIpc) is 3.66. The van der Waals surface area contributed by atoms with Crippen LogP contribution in [0.4, 0.5) is 0 Å². The summed E-state index contributed by atoms with van der Waals surface area (Å²) in [4.78, 5) is 18.3. The molecule has 0 aliphatic carbocycles. The third-order valence-electron chi connectivity index (χ3n) is 9.42. The molecule has 0 radical (unpaired) electrons. The molecule has 214 valence electrons. The number of benzene rings is 1. The minimum atomic E-state index is 0.912. The highest BCUT2D eigenvalue weighted by Crippen LogP contribution is 2.41. The van der Waals surface area contributed by atoms with Crippen molar-refractivity contribution in [3.05, 3.63) is 93.6 Å². The van der Waals surface area contributed by atoms with Crippen molar-refractivity contribution < 1.29 is 0 Å². The summed E-state index contributed by atoms with van der Waals surface area (Å²) in [5, 5.41) is 0. The van der Waals surface area contributed by atoms with Gasteiger partial charge in [-0.25, -0.2) is 9.97 Å². The van der Waals surface area contributed by atoms with E-state index in [1.54, 1.807) is 0 Å². The average molecular weight is 555 g/mol. The highest BCUT2D eigenvalue weighted by Gasteiger charge is 2.24. The fourth-order valence-corrected chi connectivity index (χ4v) is 6.99. The molecule has 2 aliphatic heterocycles. The van der Waals surface area contributed by atoms with Gasteiger partial charge in [0.1, 0.15) is 0 Å². The van der Waals surface area contributed by atoms with Crippen LogP contribution in [0, 0.1) is 13.8 Å². The SMILES string of the molecule is CCC1=C(C)c2cc3nc(c(-c4ccccc4)c4[nH]c(cc5[nH]c(cc1n2)c(CC)c5C)c(C)c4CC)C(CC)=C3C. The van der Waals surface area contributed by atoms with Crippen LogP contribution in [-0.2, 0) is 12.8 Å². The van der Waals surface area contributed by atoms with Crippen molar-refractivity contribution in [3.63, 3.8) is 0 Å². The smallest absolute Gasteiger partial charge is 0.0771 e. The largest absolute Gasteiger partial charge is 0.355 e. The zero-order valence-electron chi connectivity index (χ0n) is 26.3. The monoisotopic (exact) mass is 554 g/mol. The molecule has 0 fully saturated rings. The van der Waals surface area contributed by atoms with Crippen LogP contribution in [0.15, 0.2) is 48.5 Å². The van der Waals surface area contributed by atoms with Gasteiger partial charge in [0.2, 0.25) is 0 Å². The van der Waals surface area contributed by atoms with E-state index in [0.29, 0.717) is 0 Å². The summed E-state index contributed by atoms with van der Waals surface area (Å²) in [6.07, 6.45) is 3.74. The number of nitrogens with one attached hydrogen (secondary N) is 2. The van der Waals surface area contributed by atoms with Crippen molar-refractivity contribution in [2.45, 2.75) is 81.1 Å². The summed E-state index contributed by atoms with van der Waals surface area (Å²) in [6.45, 7) is 17.9. The first kappa shape index (κ1) is 28.0. The Kier molecular flexibility index (Phi) is 7.26. The molecule has 0 saturated heterocycles. The number of hydrogen-bond acceptors (Lipinski definition) is 2. The number of hydrogen-bond donors (Lipinski definition) is 2. The Morgan fingerprint density at radius 3 is 1.86 bits per heavy atom. The third-order valence-corrected chi connectivity index (χ3v) is 9.42. The van der Waals surface area contributed by atoms with E-state index < -0.39 is 0 Å². The Morgan fingerprint density at radius 2 is 1.19 bits per heavy atom. The summed E-state index contributed by atoms with van der Waals surface area (Å²) in [5.41, 5.74) is 21.5. The van der Waals surface area contributed by atoms with Crippen molar-refractivity contribution in [2.75, 3.05) is 0 Å². The lowest BCUT2D eigenvalue weighted by atomic mass is 9.94. The lowest BCUT2D eigenvalue weighted by Gasteiger charge is -2.10. The molecule has 3 aromatic heterocycles. The van der Waals surface area contributed by atoms with E-state index in [9.17, 15) is 0 Å². The summed E-state index contributed by atoms with van der Waals surface area (Å²) in [5.74, 6) is 0. The van der Waals surface area contributed by atoms with E-state index in [-0.39, 0.29) is 0 Å².